The summed E-state index contributed by atoms with van der Waals surface area (Å²) in [5, 5.41) is 5.04. The Morgan fingerprint density at radius 3 is 2.17 bits per heavy atom. The van der Waals surface area contributed by atoms with Crippen LogP contribution >= 0.6 is 23.2 Å². The predicted molar refractivity (Wildman–Crippen MR) is 106 cm³/mol. The van der Waals surface area contributed by atoms with Crippen LogP contribution in [0.4, 0.5) is 19.3 Å². The molecule has 0 saturated carbocycles. The number of carbonyl (C=O) groups excluding carboxylic acids is 2. The minimum atomic E-state index is -1.20. The van der Waals surface area contributed by atoms with E-state index in [0.29, 0.717) is 27.2 Å². The number of nitrogens with one attached hydrogen (secondary N) is 2. The fraction of sp³-hybridized carbons (Fsp3) is 0. The fourth-order valence-electron chi connectivity index (χ4n) is 2.33. The lowest BCUT2D eigenvalue weighted by Crippen LogP contribution is -2.35. The average molecular weight is 437 g/mol. The van der Waals surface area contributed by atoms with Gasteiger partial charge in [0.25, 0.3) is 5.91 Å². The van der Waals surface area contributed by atoms with E-state index in [1.54, 1.807) is 24.3 Å². The molecule has 0 fully saturated rings. The number of amides is 3. The summed E-state index contributed by atoms with van der Waals surface area (Å²) in [6, 6.07) is 12.9. The molecule has 0 aliphatic carbocycles. The molecule has 0 radical (unpaired) electrons. The molecule has 9 heteroatoms. The van der Waals surface area contributed by atoms with Crippen molar-refractivity contribution in [2.45, 2.75) is 0 Å². The molecule has 0 spiro atoms. The van der Waals surface area contributed by atoms with Crippen LogP contribution in [0.25, 0.3) is 0 Å². The Hall–Kier alpha value is -3.16. The van der Waals surface area contributed by atoms with Crippen molar-refractivity contribution in [1.82, 2.24) is 5.32 Å². The molecule has 3 rings (SSSR count). The van der Waals surface area contributed by atoms with Crippen molar-refractivity contribution in [1.29, 1.82) is 0 Å². The summed E-state index contributed by atoms with van der Waals surface area (Å²) >= 11 is 11.9. The summed E-state index contributed by atoms with van der Waals surface area (Å²) in [5.41, 5.74) is -0.523. The number of hydrogen-bond donors (Lipinski definition) is 2. The number of benzene rings is 3. The lowest BCUT2D eigenvalue weighted by Gasteiger charge is -2.10. The fourth-order valence-corrected chi connectivity index (χ4v) is 2.78. The number of imide groups is 1. The van der Waals surface area contributed by atoms with E-state index in [1.807, 2.05) is 5.32 Å². The highest BCUT2D eigenvalue weighted by atomic mass is 35.5. The average Bonchev–Trinajstić information content (AvgIpc) is 2.65. The van der Waals surface area contributed by atoms with E-state index in [2.05, 4.69) is 5.32 Å². The summed E-state index contributed by atoms with van der Waals surface area (Å²) in [6.07, 6.45) is 0. The lowest BCUT2D eigenvalue weighted by molar-refractivity contribution is 0.0959. The molecule has 0 heterocycles. The van der Waals surface area contributed by atoms with Crippen molar-refractivity contribution in [3.8, 4) is 11.5 Å². The van der Waals surface area contributed by atoms with Gasteiger partial charge < -0.3 is 10.1 Å². The molecule has 2 N–H and O–H groups in total. The van der Waals surface area contributed by atoms with E-state index in [0.717, 1.165) is 18.2 Å². The van der Waals surface area contributed by atoms with Gasteiger partial charge in [-0.3, -0.25) is 10.1 Å². The molecule has 3 aromatic rings. The maximum absolute atomic E-state index is 13.6. The molecule has 0 aliphatic rings. The van der Waals surface area contributed by atoms with Gasteiger partial charge in [0.2, 0.25) is 0 Å². The van der Waals surface area contributed by atoms with Gasteiger partial charge in [-0.2, -0.15) is 0 Å². The van der Waals surface area contributed by atoms with Gasteiger partial charge in [0.05, 0.1) is 5.02 Å². The van der Waals surface area contributed by atoms with Crippen LogP contribution in [0.2, 0.25) is 10.0 Å². The highest BCUT2D eigenvalue weighted by Crippen LogP contribution is 2.31. The summed E-state index contributed by atoms with van der Waals surface area (Å²) in [6.45, 7) is 0. The molecule has 3 aromatic carbocycles. The first-order chi connectivity index (χ1) is 13.8. The van der Waals surface area contributed by atoms with E-state index in [-0.39, 0.29) is 0 Å². The third-order valence-corrected chi connectivity index (χ3v) is 4.18. The molecule has 29 heavy (non-hydrogen) atoms. The molecule has 148 valence electrons. The normalized spacial score (nSPS) is 10.3. The van der Waals surface area contributed by atoms with Crippen molar-refractivity contribution >= 4 is 40.8 Å². The van der Waals surface area contributed by atoms with Gasteiger partial charge in [0.15, 0.2) is 0 Å². The zero-order valence-electron chi connectivity index (χ0n) is 14.5. The van der Waals surface area contributed by atoms with Crippen LogP contribution in [0.3, 0.4) is 0 Å². The van der Waals surface area contributed by atoms with Crippen molar-refractivity contribution in [2.75, 3.05) is 5.32 Å². The molecular weight excluding hydrogens is 425 g/mol. The van der Waals surface area contributed by atoms with Gasteiger partial charge in [0, 0.05) is 10.7 Å². The quantitative estimate of drug-likeness (QED) is 0.524. The summed E-state index contributed by atoms with van der Waals surface area (Å²) < 4.78 is 32.8. The van der Waals surface area contributed by atoms with Crippen LogP contribution in [0.5, 0.6) is 11.5 Å². The Kier molecular flexibility index (Phi) is 6.31. The van der Waals surface area contributed by atoms with Gasteiger partial charge in [0.1, 0.15) is 28.7 Å². The van der Waals surface area contributed by atoms with Crippen LogP contribution in [0.1, 0.15) is 10.4 Å². The van der Waals surface area contributed by atoms with E-state index in [9.17, 15) is 18.4 Å². The number of anilines is 1. The summed E-state index contributed by atoms with van der Waals surface area (Å²) in [5.74, 6) is -2.51. The maximum Gasteiger partial charge on any atom is 0.326 e. The van der Waals surface area contributed by atoms with Gasteiger partial charge in [-0.25, -0.2) is 13.6 Å². The number of carbonyl (C=O) groups is 2. The minimum Gasteiger partial charge on any atom is -0.456 e. The minimum absolute atomic E-state index is 0.318. The maximum atomic E-state index is 13.6. The van der Waals surface area contributed by atoms with Crippen molar-refractivity contribution < 1.29 is 23.1 Å². The highest BCUT2D eigenvalue weighted by molar-refractivity contribution is 6.35. The number of hydrogen-bond acceptors (Lipinski definition) is 3. The van der Waals surface area contributed by atoms with Crippen LogP contribution in [0.15, 0.2) is 60.7 Å². The number of ether oxygens (including phenoxy) is 1. The Morgan fingerprint density at radius 1 is 0.897 bits per heavy atom. The Morgan fingerprint density at radius 2 is 1.55 bits per heavy atom. The van der Waals surface area contributed by atoms with Crippen molar-refractivity contribution in [3.63, 3.8) is 0 Å². The van der Waals surface area contributed by atoms with Crippen LogP contribution in [-0.2, 0) is 0 Å². The molecule has 0 saturated heterocycles. The third-order valence-electron chi connectivity index (χ3n) is 3.65. The summed E-state index contributed by atoms with van der Waals surface area (Å²) in [4.78, 5) is 23.8. The van der Waals surface area contributed by atoms with E-state index in [1.165, 1.54) is 18.2 Å². The van der Waals surface area contributed by atoms with E-state index >= 15 is 0 Å². The molecule has 3 amide bonds. The van der Waals surface area contributed by atoms with E-state index in [4.69, 9.17) is 27.9 Å². The predicted octanol–water partition coefficient (Wildman–Crippen LogP) is 6.03. The molecular formula is C20H12Cl2F2N2O3. The van der Waals surface area contributed by atoms with Crippen LogP contribution in [0, 0.1) is 11.6 Å². The lowest BCUT2D eigenvalue weighted by atomic mass is 10.2. The Labute approximate surface area is 174 Å². The first-order valence-electron chi connectivity index (χ1n) is 8.13. The second kappa shape index (κ2) is 8.89. The molecule has 0 unspecified atom stereocenters. The zero-order valence-corrected chi connectivity index (χ0v) is 16.0. The van der Waals surface area contributed by atoms with Gasteiger partial charge >= 0.3 is 6.03 Å². The SMILES string of the molecule is O=C(NC(=O)c1c(F)cccc1F)Nc1ccc(Oc2ccc(Cl)cc2Cl)cc1. The molecule has 0 bridgehead atoms. The first kappa shape index (κ1) is 20.6. The van der Waals surface area contributed by atoms with Gasteiger partial charge in [-0.1, -0.05) is 29.3 Å². The van der Waals surface area contributed by atoms with Gasteiger partial charge in [-0.15, -0.1) is 0 Å². The van der Waals surface area contributed by atoms with Crippen LogP contribution in [-0.4, -0.2) is 11.9 Å². The van der Waals surface area contributed by atoms with Gasteiger partial charge in [-0.05, 0) is 54.6 Å². The molecule has 0 aromatic heterocycles. The second-order valence-electron chi connectivity index (χ2n) is 5.71. The zero-order chi connectivity index (χ0) is 21.0. The Balaban J connectivity index is 1.62. The number of urea groups is 1. The number of rotatable bonds is 4. The number of halogens is 4. The highest BCUT2D eigenvalue weighted by Gasteiger charge is 2.19. The molecule has 0 atom stereocenters. The van der Waals surface area contributed by atoms with E-state index < -0.39 is 29.1 Å². The standard InChI is InChI=1S/C20H12Cl2F2N2O3/c21-11-4-9-17(14(22)10-11)29-13-7-5-12(6-8-13)25-20(28)26-19(27)18-15(23)2-1-3-16(18)24/h1-10H,(H2,25,26,27,28). The second-order valence-corrected chi connectivity index (χ2v) is 6.55. The molecule has 0 aliphatic heterocycles. The Bertz CT molecular complexity index is 1060. The third kappa shape index (κ3) is 5.22. The van der Waals surface area contributed by atoms with Crippen LogP contribution < -0.4 is 15.4 Å². The summed E-state index contributed by atoms with van der Waals surface area (Å²) in [7, 11) is 0. The molecule has 5 nitrogen and oxygen atoms in total. The smallest absolute Gasteiger partial charge is 0.326 e. The first-order valence-corrected chi connectivity index (χ1v) is 8.88. The topological polar surface area (TPSA) is 67.4 Å². The van der Waals surface area contributed by atoms with Crippen molar-refractivity contribution in [3.05, 3.63) is 87.9 Å². The van der Waals surface area contributed by atoms with Crippen molar-refractivity contribution in [2.24, 2.45) is 0 Å². The largest absolute Gasteiger partial charge is 0.456 e. The monoisotopic (exact) mass is 436 g/mol.